The number of carboxylic acids is 1. The molecule has 2 aliphatic rings. The van der Waals surface area contributed by atoms with Crippen LogP contribution in [0.15, 0.2) is 60.7 Å². The van der Waals surface area contributed by atoms with Gasteiger partial charge in [-0.05, 0) is 28.7 Å². The quantitative estimate of drug-likeness (QED) is 0.368. The van der Waals surface area contributed by atoms with Gasteiger partial charge in [-0.1, -0.05) is 60.7 Å². The summed E-state index contributed by atoms with van der Waals surface area (Å²) in [6.45, 7) is 0.896. The fraction of sp³-hybridized carbons (Fsp3) is 0.346. The predicted molar refractivity (Wildman–Crippen MR) is 125 cm³/mol. The number of aliphatic carboxylic acids is 1. The van der Waals surface area contributed by atoms with Crippen LogP contribution in [0.2, 0.25) is 0 Å². The molecular formula is C26H28N2O6. The molecule has 2 atom stereocenters. The SMILES string of the molecule is O=C(O)CCOCCNC(=O)C1C=CC(NC(=O)OCC2c3ccccc3-c3ccccc32)C1. The Balaban J connectivity index is 1.20. The van der Waals surface area contributed by atoms with E-state index in [0.717, 1.165) is 11.1 Å². The summed E-state index contributed by atoms with van der Waals surface area (Å²) in [7, 11) is 0. The molecule has 2 amide bonds. The second-order valence-electron chi connectivity index (χ2n) is 8.35. The molecule has 0 spiro atoms. The van der Waals surface area contributed by atoms with Gasteiger partial charge in [0, 0.05) is 12.5 Å². The summed E-state index contributed by atoms with van der Waals surface area (Å²) >= 11 is 0. The molecular weight excluding hydrogens is 436 g/mol. The van der Waals surface area contributed by atoms with Gasteiger partial charge in [-0.15, -0.1) is 0 Å². The molecule has 0 aliphatic heterocycles. The molecule has 0 saturated carbocycles. The van der Waals surface area contributed by atoms with Crippen LogP contribution in [0.1, 0.15) is 29.9 Å². The Morgan fingerprint density at radius 2 is 1.62 bits per heavy atom. The van der Waals surface area contributed by atoms with Crippen molar-refractivity contribution < 1.29 is 29.0 Å². The van der Waals surface area contributed by atoms with Crippen LogP contribution in [-0.4, -0.2) is 55.5 Å². The Morgan fingerprint density at radius 3 is 2.29 bits per heavy atom. The fourth-order valence-corrected chi connectivity index (χ4v) is 4.43. The molecule has 3 N–H and O–H groups in total. The van der Waals surface area contributed by atoms with Gasteiger partial charge < -0.3 is 25.2 Å². The molecule has 34 heavy (non-hydrogen) atoms. The lowest BCUT2D eigenvalue weighted by Crippen LogP contribution is -2.37. The van der Waals surface area contributed by atoms with Crippen LogP contribution in [0.4, 0.5) is 4.79 Å². The zero-order valence-corrected chi connectivity index (χ0v) is 18.7. The number of carbonyl (C=O) groups is 3. The second-order valence-corrected chi connectivity index (χ2v) is 8.35. The molecule has 0 heterocycles. The Kier molecular flexibility index (Phi) is 7.59. The first-order chi connectivity index (χ1) is 16.5. The number of fused-ring (bicyclic) bond motifs is 3. The Hall–Kier alpha value is -3.65. The van der Waals surface area contributed by atoms with Crippen molar-refractivity contribution in [3.05, 3.63) is 71.8 Å². The van der Waals surface area contributed by atoms with Crippen molar-refractivity contribution in [2.45, 2.75) is 24.8 Å². The van der Waals surface area contributed by atoms with E-state index >= 15 is 0 Å². The summed E-state index contributed by atoms with van der Waals surface area (Å²) in [4.78, 5) is 35.2. The van der Waals surface area contributed by atoms with Crippen LogP contribution in [0.3, 0.4) is 0 Å². The molecule has 2 unspecified atom stereocenters. The highest BCUT2D eigenvalue weighted by Crippen LogP contribution is 2.44. The topological polar surface area (TPSA) is 114 Å². The molecule has 2 aromatic rings. The van der Waals surface area contributed by atoms with Crippen molar-refractivity contribution in [3.8, 4) is 11.1 Å². The van der Waals surface area contributed by atoms with E-state index in [1.54, 1.807) is 12.2 Å². The van der Waals surface area contributed by atoms with Gasteiger partial charge in [0.25, 0.3) is 0 Å². The number of carbonyl (C=O) groups excluding carboxylic acids is 2. The Labute approximate surface area is 198 Å². The molecule has 0 saturated heterocycles. The minimum atomic E-state index is -0.921. The molecule has 2 aromatic carbocycles. The minimum Gasteiger partial charge on any atom is -0.481 e. The fourth-order valence-electron chi connectivity index (χ4n) is 4.43. The lowest BCUT2D eigenvalue weighted by molar-refractivity contribution is -0.138. The lowest BCUT2D eigenvalue weighted by atomic mass is 9.98. The molecule has 8 heteroatoms. The maximum absolute atomic E-state index is 12.5. The van der Waals surface area contributed by atoms with Crippen LogP contribution >= 0.6 is 0 Å². The Morgan fingerprint density at radius 1 is 0.941 bits per heavy atom. The van der Waals surface area contributed by atoms with E-state index in [0.29, 0.717) is 13.0 Å². The van der Waals surface area contributed by atoms with Crippen molar-refractivity contribution in [2.75, 3.05) is 26.4 Å². The van der Waals surface area contributed by atoms with Gasteiger partial charge >= 0.3 is 12.1 Å². The average molecular weight is 465 g/mol. The third-order valence-corrected chi connectivity index (χ3v) is 6.07. The van der Waals surface area contributed by atoms with Crippen molar-refractivity contribution in [1.82, 2.24) is 10.6 Å². The normalized spacial score (nSPS) is 18.2. The minimum absolute atomic E-state index is 0.00601. The summed E-state index contributed by atoms with van der Waals surface area (Å²) in [5, 5.41) is 14.1. The van der Waals surface area contributed by atoms with E-state index in [4.69, 9.17) is 14.6 Å². The average Bonchev–Trinajstić information content (AvgIpc) is 3.42. The number of hydrogen-bond acceptors (Lipinski definition) is 5. The van der Waals surface area contributed by atoms with Crippen LogP contribution in [0.25, 0.3) is 11.1 Å². The van der Waals surface area contributed by atoms with Crippen molar-refractivity contribution in [3.63, 3.8) is 0 Å². The van der Waals surface area contributed by atoms with Crippen LogP contribution in [0, 0.1) is 5.92 Å². The monoisotopic (exact) mass is 464 g/mol. The highest BCUT2D eigenvalue weighted by Gasteiger charge is 2.30. The first-order valence-corrected chi connectivity index (χ1v) is 11.4. The van der Waals surface area contributed by atoms with Gasteiger partial charge in [0.05, 0.1) is 31.6 Å². The number of nitrogens with one attached hydrogen (secondary N) is 2. The summed E-state index contributed by atoms with van der Waals surface area (Å²) in [5.74, 6) is -1.43. The molecule has 2 aliphatic carbocycles. The molecule has 0 bridgehead atoms. The van der Waals surface area contributed by atoms with Crippen molar-refractivity contribution in [2.24, 2.45) is 5.92 Å². The maximum Gasteiger partial charge on any atom is 0.407 e. The van der Waals surface area contributed by atoms with Crippen LogP contribution in [0.5, 0.6) is 0 Å². The highest BCUT2D eigenvalue weighted by molar-refractivity contribution is 5.81. The van der Waals surface area contributed by atoms with Gasteiger partial charge in [-0.25, -0.2) is 4.79 Å². The van der Waals surface area contributed by atoms with E-state index < -0.39 is 12.1 Å². The second kappa shape index (κ2) is 11.0. The first kappa shape index (κ1) is 23.5. The summed E-state index contributed by atoms with van der Waals surface area (Å²) in [6.07, 6.45) is 3.45. The number of carboxylic acid groups (broad SMARTS) is 1. The zero-order valence-electron chi connectivity index (χ0n) is 18.7. The van der Waals surface area contributed by atoms with E-state index in [9.17, 15) is 14.4 Å². The van der Waals surface area contributed by atoms with E-state index in [-0.39, 0.29) is 50.0 Å². The highest BCUT2D eigenvalue weighted by atomic mass is 16.5. The van der Waals surface area contributed by atoms with Crippen molar-refractivity contribution in [1.29, 1.82) is 0 Å². The third-order valence-electron chi connectivity index (χ3n) is 6.07. The molecule has 0 fully saturated rings. The molecule has 0 radical (unpaired) electrons. The number of benzene rings is 2. The van der Waals surface area contributed by atoms with Gasteiger partial charge in [-0.2, -0.15) is 0 Å². The van der Waals surface area contributed by atoms with E-state index in [2.05, 4.69) is 34.9 Å². The molecule has 4 rings (SSSR count). The molecule has 8 nitrogen and oxygen atoms in total. The third kappa shape index (κ3) is 5.63. The van der Waals surface area contributed by atoms with Gasteiger partial charge in [0.15, 0.2) is 0 Å². The number of hydrogen-bond donors (Lipinski definition) is 3. The standard InChI is InChI=1S/C26H28N2O6/c29-24(30)11-13-33-14-12-27-25(31)17-9-10-18(15-17)28-26(32)34-16-23-21-7-3-1-5-19(21)20-6-2-4-8-22(20)23/h1-10,17-18,23H,11-16H2,(H,27,31)(H,28,32)(H,29,30). The largest absolute Gasteiger partial charge is 0.481 e. The van der Waals surface area contributed by atoms with Crippen molar-refractivity contribution >= 4 is 18.0 Å². The summed E-state index contributed by atoms with van der Waals surface area (Å²) in [5.41, 5.74) is 4.65. The van der Waals surface area contributed by atoms with Gasteiger partial charge in [0.1, 0.15) is 6.61 Å². The van der Waals surface area contributed by atoms with Gasteiger partial charge in [-0.3, -0.25) is 9.59 Å². The number of ether oxygens (including phenoxy) is 2. The van der Waals surface area contributed by atoms with E-state index in [1.165, 1.54) is 11.1 Å². The molecule has 178 valence electrons. The lowest BCUT2D eigenvalue weighted by Gasteiger charge is -2.17. The van der Waals surface area contributed by atoms with Crippen LogP contribution < -0.4 is 10.6 Å². The van der Waals surface area contributed by atoms with Crippen LogP contribution in [-0.2, 0) is 19.1 Å². The zero-order chi connectivity index (χ0) is 23.9. The van der Waals surface area contributed by atoms with E-state index in [1.807, 2.05) is 24.3 Å². The predicted octanol–water partition coefficient (Wildman–Crippen LogP) is 3.08. The summed E-state index contributed by atoms with van der Waals surface area (Å²) in [6, 6.07) is 16.0. The van der Waals surface area contributed by atoms with Gasteiger partial charge in [0.2, 0.25) is 5.91 Å². The maximum atomic E-state index is 12.5. The summed E-state index contributed by atoms with van der Waals surface area (Å²) < 4.78 is 10.7. The smallest absolute Gasteiger partial charge is 0.407 e. The molecule has 0 aromatic heterocycles. The number of amides is 2. The number of alkyl carbamates (subject to hydrolysis) is 1. The Bertz CT molecular complexity index is 1040. The first-order valence-electron chi connectivity index (χ1n) is 11.4. The number of rotatable bonds is 10.